The number of thiophene rings is 2. The van der Waals surface area contributed by atoms with Crippen molar-refractivity contribution >= 4 is 22.7 Å². The molecule has 0 saturated carbocycles. The summed E-state index contributed by atoms with van der Waals surface area (Å²) in [6, 6.07) is 6.26. The van der Waals surface area contributed by atoms with Gasteiger partial charge in [0.15, 0.2) is 0 Å². The van der Waals surface area contributed by atoms with Gasteiger partial charge in [0.2, 0.25) is 0 Å². The lowest BCUT2D eigenvalue weighted by molar-refractivity contribution is 1.50. The lowest BCUT2D eigenvalue weighted by Crippen LogP contribution is -1.47. The molecule has 100 valence electrons. The molecule has 0 aliphatic carbocycles. The zero-order valence-corrected chi connectivity index (χ0v) is 12.9. The normalized spacial score (nSPS) is 6.94. The maximum atomic E-state index is 2.12. The van der Waals surface area contributed by atoms with Crippen LogP contribution in [0.25, 0.3) is 0 Å². The molecule has 0 N–H and O–H groups in total. The fourth-order valence-electron chi connectivity index (χ4n) is 0.693. The summed E-state index contributed by atoms with van der Waals surface area (Å²) in [6.07, 6.45) is 0. The van der Waals surface area contributed by atoms with Crippen LogP contribution < -0.4 is 0 Å². The van der Waals surface area contributed by atoms with Crippen molar-refractivity contribution in [1.82, 2.24) is 0 Å². The second-order valence-corrected chi connectivity index (χ2v) is 4.46. The van der Waals surface area contributed by atoms with Crippen LogP contribution >= 0.6 is 22.7 Å². The van der Waals surface area contributed by atoms with E-state index in [9.17, 15) is 0 Å². The molecule has 2 heteroatoms. The maximum absolute atomic E-state index is 2.12. The minimum Gasteiger partial charge on any atom is -0.152 e. The van der Waals surface area contributed by atoms with E-state index in [0.29, 0.717) is 0 Å². The van der Waals surface area contributed by atoms with Gasteiger partial charge < -0.3 is 0 Å². The first-order valence-electron chi connectivity index (χ1n) is 5.78. The quantitative estimate of drug-likeness (QED) is 0.494. The minimum absolute atomic E-state index is 0. The zero-order valence-electron chi connectivity index (χ0n) is 11.3. The van der Waals surface area contributed by atoms with E-state index in [1.54, 1.807) is 22.7 Å². The molecule has 2 rings (SSSR count). The van der Waals surface area contributed by atoms with Gasteiger partial charge in [-0.3, -0.25) is 0 Å². The van der Waals surface area contributed by atoms with Gasteiger partial charge in [-0.15, -0.1) is 11.3 Å². The highest BCUT2D eigenvalue weighted by Crippen LogP contribution is 2.03. The Labute approximate surface area is 116 Å². The van der Waals surface area contributed by atoms with E-state index in [-0.39, 0.29) is 7.43 Å². The first-order valence-corrected chi connectivity index (χ1v) is 7.60. The van der Waals surface area contributed by atoms with Crippen LogP contribution in [0.2, 0.25) is 0 Å². The average molecular weight is 273 g/mol. The second kappa shape index (κ2) is 17.8. The largest absolute Gasteiger partial charge is 0.152 e. The van der Waals surface area contributed by atoms with Gasteiger partial charge in [-0.2, -0.15) is 11.3 Å². The van der Waals surface area contributed by atoms with Gasteiger partial charge >= 0.3 is 0 Å². The van der Waals surface area contributed by atoms with Gasteiger partial charge in [0.05, 0.1) is 0 Å². The van der Waals surface area contributed by atoms with E-state index in [2.05, 4.69) is 48.2 Å². The van der Waals surface area contributed by atoms with Crippen LogP contribution in [0.3, 0.4) is 0 Å². The van der Waals surface area contributed by atoms with Gasteiger partial charge in [-0.25, -0.2) is 0 Å². The molecule has 0 saturated heterocycles. The lowest BCUT2D eigenvalue weighted by Gasteiger charge is -1.65. The molecule has 0 aromatic carbocycles. The topological polar surface area (TPSA) is 0 Å². The summed E-state index contributed by atoms with van der Waals surface area (Å²) in [5, 5.41) is 6.28. The molecule has 0 amide bonds. The number of aryl methyl sites for hydroxylation is 2. The molecule has 0 fully saturated rings. The Morgan fingerprint density at radius 2 is 1.47 bits per heavy atom. The second-order valence-electron chi connectivity index (χ2n) is 2.52. The lowest BCUT2D eigenvalue weighted by atomic mass is 10.4. The van der Waals surface area contributed by atoms with Crippen molar-refractivity contribution in [1.29, 1.82) is 0 Å². The van der Waals surface area contributed by atoms with Crippen LogP contribution in [0.4, 0.5) is 0 Å². The smallest absolute Gasteiger partial charge is 0.00141 e. The van der Waals surface area contributed by atoms with Crippen molar-refractivity contribution in [2.75, 3.05) is 0 Å². The van der Waals surface area contributed by atoms with E-state index in [1.807, 2.05) is 27.7 Å². The molecule has 2 aromatic heterocycles. The van der Waals surface area contributed by atoms with Crippen LogP contribution in [-0.2, 0) is 0 Å². The Hall–Kier alpha value is -0.600. The molecule has 2 aromatic rings. The van der Waals surface area contributed by atoms with Crippen molar-refractivity contribution in [2.45, 2.75) is 49.0 Å². The van der Waals surface area contributed by atoms with E-state index in [1.165, 1.54) is 10.4 Å². The SMILES string of the molecule is C.CC.CC.Cc1cccs1.Cc1ccsc1. The Kier molecular flexibility index (Phi) is 22.7. The molecular weight excluding hydrogens is 244 g/mol. The van der Waals surface area contributed by atoms with Crippen LogP contribution in [0.5, 0.6) is 0 Å². The molecule has 0 unspecified atom stereocenters. The molecule has 0 nitrogen and oxygen atoms in total. The van der Waals surface area contributed by atoms with Gasteiger partial charge in [-0.1, -0.05) is 41.2 Å². The highest BCUT2D eigenvalue weighted by atomic mass is 32.1. The zero-order chi connectivity index (χ0) is 12.8. The Morgan fingerprint density at radius 3 is 1.59 bits per heavy atom. The van der Waals surface area contributed by atoms with E-state index in [4.69, 9.17) is 0 Å². The number of hydrogen-bond donors (Lipinski definition) is 0. The highest BCUT2D eigenvalue weighted by molar-refractivity contribution is 7.09. The Balaban J connectivity index is -0.000000171. The highest BCUT2D eigenvalue weighted by Gasteiger charge is 1.75. The summed E-state index contributed by atoms with van der Waals surface area (Å²) in [4.78, 5) is 1.38. The summed E-state index contributed by atoms with van der Waals surface area (Å²) in [5.74, 6) is 0. The summed E-state index contributed by atoms with van der Waals surface area (Å²) < 4.78 is 0. The van der Waals surface area contributed by atoms with E-state index in [0.717, 1.165) is 0 Å². The third-order valence-corrected chi connectivity index (χ3v) is 2.93. The third-order valence-electron chi connectivity index (χ3n) is 1.33. The van der Waals surface area contributed by atoms with Gasteiger partial charge in [0.1, 0.15) is 0 Å². The van der Waals surface area contributed by atoms with Gasteiger partial charge in [-0.05, 0) is 47.7 Å². The first kappa shape index (κ1) is 21.7. The molecular formula is C15H28S2. The summed E-state index contributed by atoms with van der Waals surface area (Å²) in [5.41, 5.74) is 1.36. The summed E-state index contributed by atoms with van der Waals surface area (Å²) in [7, 11) is 0. The summed E-state index contributed by atoms with van der Waals surface area (Å²) >= 11 is 3.52. The molecule has 0 bridgehead atoms. The van der Waals surface area contributed by atoms with Crippen molar-refractivity contribution in [2.24, 2.45) is 0 Å². The van der Waals surface area contributed by atoms with Gasteiger partial charge in [0, 0.05) is 4.88 Å². The molecule has 0 aliphatic heterocycles. The van der Waals surface area contributed by atoms with Gasteiger partial charge in [0.25, 0.3) is 0 Å². The first-order chi connectivity index (χ1) is 7.79. The third kappa shape index (κ3) is 15.4. The number of rotatable bonds is 0. The molecule has 17 heavy (non-hydrogen) atoms. The molecule has 0 aliphatic rings. The average Bonchev–Trinajstić information content (AvgIpc) is 2.98. The predicted molar refractivity (Wildman–Crippen MR) is 87.5 cm³/mol. The fraction of sp³-hybridized carbons (Fsp3) is 0.467. The van der Waals surface area contributed by atoms with Crippen molar-refractivity contribution in [3.05, 3.63) is 44.8 Å². The molecule has 2 heterocycles. The minimum atomic E-state index is 0. The Bertz CT molecular complexity index is 248. The molecule has 0 radical (unpaired) electrons. The van der Waals surface area contributed by atoms with E-state index < -0.39 is 0 Å². The van der Waals surface area contributed by atoms with Crippen LogP contribution in [0.15, 0.2) is 34.3 Å². The van der Waals surface area contributed by atoms with Crippen LogP contribution in [-0.4, -0.2) is 0 Å². The maximum Gasteiger partial charge on any atom is 0.00141 e. The standard InChI is InChI=1S/2C5H6S.2C2H6.CH4/c1-5-2-3-6-4-5;1-5-3-2-4-6-5;2*1-2;/h2*2-4H,1H3;2*1-2H3;1H4. The molecule has 0 atom stereocenters. The van der Waals surface area contributed by atoms with E-state index >= 15 is 0 Å². The Morgan fingerprint density at radius 1 is 0.882 bits per heavy atom. The van der Waals surface area contributed by atoms with Crippen molar-refractivity contribution in [3.8, 4) is 0 Å². The molecule has 0 spiro atoms. The fourth-order valence-corrected chi connectivity index (χ4v) is 1.89. The number of hydrogen-bond acceptors (Lipinski definition) is 2. The van der Waals surface area contributed by atoms with Crippen molar-refractivity contribution in [3.63, 3.8) is 0 Å². The predicted octanol–water partition coefficient (Wildman–Crippen LogP) is 6.80. The monoisotopic (exact) mass is 272 g/mol. The van der Waals surface area contributed by atoms with Crippen molar-refractivity contribution < 1.29 is 0 Å². The van der Waals surface area contributed by atoms with Crippen LogP contribution in [0.1, 0.15) is 45.6 Å². The summed E-state index contributed by atoms with van der Waals surface area (Å²) in [6.45, 7) is 12.2. The van der Waals surface area contributed by atoms with Crippen LogP contribution in [0, 0.1) is 13.8 Å².